The number of nitrogens with zero attached hydrogens (tertiary/aromatic N) is 2. The van der Waals surface area contributed by atoms with Crippen LogP contribution < -0.4 is 4.74 Å². The van der Waals surface area contributed by atoms with Gasteiger partial charge in [-0.2, -0.15) is 0 Å². The molecule has 28 heavy (non-hydrogen) atoms. The molecule has 0 radical (unpaired) electrons. The highest BCUT2D eigenvalue weighted by molar-refractivity contribution is 6.35. The van der Waals surface area contributed by atoms with Crippen LogP contribution in [-0.2, 0) is 11.2 Å². The van der Waals surface area contributed by atoms with E-state index in [9.17, 15) is 9.59 Å². The van der Waals surface area contributed by atoms with Crippen molar-refractivity contribution in [3.63, 3.8) is 0 Å². The van der Waals surface area contributed by atoms with Gasteiger partial charge in [-0.15, -0.1) is 0 Å². The second kappa shape index (κ2) is 9.30. The fraction of sp³-hybridized carbons (Fsp3) is 0.333. The third-order valence-electron chi connectivity index (χ3n) is 4.78. The molecule has 0 unspecified atom stereocenters. The zero-order valence-electron chi connectivity index (χ0n) is 15.7. The maximum atomic E-state index is 12.7. The van der Waals surface area contributed by atoms with Crippen LogP contribution in [0.2, 0.25) is 10.0 Å². The second-order valence-corrected chi connectivity index (χ2v) is 7.39. The number of rotatable bonds is 5. The van der Waals surface area contributed by atoms with Crippen LogP contribution in [0.3, 0.4) is 0 Å². The number of piperazine rings is 1. The van der Waals surface area contributed by atoms with E-state index in [-0.39, 0.29) is 18.4 Å². The number of halogens is 2. The highest BCUT2D eigenvalue weighted by Gasteiger charge is 2.26. The first kappa shape index (κ1) is 20.5. The lowest BCUT2D eigenvalue weighted by molar-refractivity contribution is -0.134. The highest BCUT2D eigenvalue weighted by Crippen LogP contribution is 2.23. The molecule has 1 saturated heterocycles. The molecule has 1 aliphatic heterocycles. The number of aryl methyl sites for hydroxylation is 1. The number of ether oxygens (including phenoxy) is 1. The molecule has 1 aliphatic rings. The lowest BCUT2D eigenvalue weighted by Gasteiger charge is -2.35. The molecule has 3 rings (SSSR count). The predicted octanol–water partition coefficient (Wildman–Crippen LogP) is 3.92. The van der Waals surface area contributed by atoms with Crippen LogP contribution >= 0.6 is 23.2 Å². The maximum Gasteiger partial charge on any atom is 0.260 e. The van der Waals surface area contributed by atoms with E-state index < -0.39 is 0 Å². The number of carbonyl (C=O) groups excluding carboxylic acids is 2. The van der Waals surface area contributed by atoms with E-state index in [2.05, 4.69) is 0 Å². The Kier molecular flexibility index (Phi) is 6.81. The summed E-state index contributed by atoms with van der Waals surface area (Å²) in [6.07, 6.45) is 0.844. The molecule has 0 spiro atoms. The minimum Gasteiger partial charge on any atom is -0.483 e. The first-order chi connectivity index (χ1) is 13.5. The molecular formula is C21H22Cl2N2O3. The Hall–Kier alpha value is -2.24. The van der Waals surface area contributed by atoms with Gasteiger partial charge in [0.25, 0.3) is 11.8 Å². The van der Waals surface area contributed by atoms with E-state index in [1.807, 2.05) is 31.2 Å². The summed E-state index contributed by atoms with van der Waals surface area (Å²) >= 11 is 12.1. The van der Waals surface area contributed by atoms with Gasteiger partial charge in [0.05, 0.1) is 10.6 Å². The SMILES string of the molecule is CCc1ccccc1OCC(=O)N1CCN(C(=O)c2cc(Cl)ccc2Cl)CC1. The van der Waals surface area contributed by atoms with E-state index in [4.69, 9.17) is 27.9 Å². The fourth-order valence-corrected chi connectivity index (χ4v) is 3.53. The summed E-state index contributed by atoms with van der Waals surface area (Å²) < 4.78 is 5.71. The van der Waals surface area contributed by atoms with Crippen LogP contribution in [0.4, 0.5) is 0 Å². The lowest BCUT2D eigenvalue weighted by Crippen LogP contribution is -2.51. The predicted molar refractivity (Wildman–Crippen MR) is 110 cm³/mol. The minimum absolute atomic E-state index is 0.00885. The third kappa shape index (κ3) is 4.78. The van der Waals surface area contributed by atoms with Crippen molar-refractivity contribution in [2.24, 2.45) is 0 Å². The van der Waals surface area contributed by atoms with Crippen molar-refractivity contribution < 1.29 is 14.3 Å². The normalized spacial score (nSPS) is 14.1. The summed E-state index contributed by atoms with van der Waals surface area (Å²) in [5.41, 5.74) is 1.46. The average Bonchev–Trinajstić information content (AvgIpc) is 2.73. The Balaban J connectivity index is 1.54. The van der Waals surface area contributed by atoms with Crippen LogP contribution in [0, 0.1) is 0 Å². The molecule has 2 amide bonds. The van der Waals surface area contributed by atoms with E-state index in [1.54, 1.807) is 28.0 Å². The third-order valence-corrected chi connectivity index (χ3v) is 5.35. The smallest absolute Gasteiger partial charge is 0.260 e. The van der Waals surface area contributed by atoms with E-state index in [0.717, 1.165) is 17.7 Å². The molecule has 148 valence electrons. The maximum absolute atomic E-state index is 12.7. The average molecular weight is 421 g/mol. The standard InChI is InChI=1S/C21H22Cl2N2O3/c1-2-15-5-3-4-6-19(15)28-14-20(26)24-9-11-25(12-10-24)21(27)17-13-16(22)7-8-18(17)23/h3-8,13H,2,9-12,14H2,1H3. The zero-order valence-corrected chi connectivity index (χ0v) is 17.2. The van der Waals surface area contributed by atoms with Gasteiger partial charge in [0.15, 0.2) is 6.61 Å². The quantitative estimate of drug-likeness (QED) is 0.736. The van der Waals surface area contributed by atoms with Crippen molar-refractivity contribution in [1.82, 2.24) is 9.80 Å². The minimum atomic E-state index is -0.173. The molecular weight excluding hydrogens is 399 g/mol. The summed E-state index contributed by atoms with van der Waals surface area (Å²) in [6.45, 7) is 3.85. The number of hydrogen-bond donors (Lipinski definition) is 0. The van der Waals surface area contributed by atoms with Crippen LogP contribution in [0.15, 0.2) is 42.5 Å². The Morgan fingerprint density at radius 3 is 2.39 bits per heavy atom. The van der Waals surface area contributed by atoms with Crippen LogP contribution in [0.1, 0.15) is 22.8 Å². The van der Waals surface area contributed by atoms with Crippen LogP contribution in [0.25, 0.3) is 0 Å². The van der Waals surface area contributed by atoms with Crippen molar-refractivity contribution in [3.05, 3.63) is 63.6 Å². The Bertz CT molecular complexity index is 864. The molecule has 5 nitrogen and oxygen atoms in total. The molecule has 0 N–H and O–H groups in total. The topological polar surface area (TPSA) is 49.9 Å². The van der Waals surface area contributed by atoms with E-state index in [0.29, 0.717) is 41.8 Å². The summed E-state index contributed by atoms with van der Waals surface area (Å²) in [5, 5.41) is 0.835. The van der Waals surface area contributed by atoms with Gasteiger partial charge in [0, 0.05) is 31.2 Å². The van der Waals surface area contributed by atoms with Crippen molar-refractivity contribution in [3.8, 4) is 5.75 Å². The van der Waals surface area contributed by atoms with E-state index in [1.165, 1.54) is 0 Å². The highest BCUT2D eigenvalue weighted by atomic mass is 35.5. The van der Waals surface area contributed by atoms with E-state index >= 15 is 0 Å². The van der Waals surface area contributed by atoms with Gasteiger partial charge in [-0.3, -0.25) is 9.59 Å². The van der Waals surface area contributed by atoms with Crippen LogP contribution in [0.5, 0.6) is 5.75 Å². The molecule has 2 aromatic rings. The van der Waals surface area contributed by atoms with Gasteiger partial charge in [-0.1, -0.05) is 48.3 Å². The molecule has 2 aromatic carbocycles. The Labute approximate surface area is 174 Å². The molecule has 1 fully saturated rings. The van der Waals surface area contributed by atoms with Gasteiger partial charge in [-0.05, 0) is 36.2 Å². The van der Waals surface area contributed by atoms with Gasteiger partial charge in [-0.25, -0.2) is 0 Å². The first-order valence-corrected chi connectivity index (χ1v) is 9.98. The molecule has 7 heteroatoms. The van der Waals surface area contributed by atoms with Gasteiger partial charge < -0.3 is 14.5 Å². The van der Waals surface area contributed by atoms with Crippen molar-refractivity contribution in [2.45, 2.75) is 13.3 Å². The molecule has 0 aromatic heterocycles. The lowest BCUT2D eigenvalue weighted by atomic mass is 10.1. The number of hydrogen-bond acceptors (Lipinski definition) is 3. The second-order valence-electron chi connectivity index (χ2n) is 6.55. The van der Waals surface area contributed by atoms with Crippen LogP contribution in [-0.4, -0.2) is 54.4 Å². The van der Waals surface area contributed by atoms with Gasteiger partial charge in [0.2, 0.25) is 0 Å². The molecule has 0 saturated carbocycles. The Morgan fingerprint density at radius 2 is 1.68 bits per heavy atom. The summed E-state index contributed by atoms with van der Waals surface area (Å²) in [6, 6.07) is 12.5. The molecule has 0 bridgehead atoms. The number of carbonyl (C=O) groups is 2. The molecule has 1 heterocycles. The largest absolute Gasteiger partial charge is 0.483 e. The van der Waals surface area contributed by atoms with Gasteiger partial charge in [0.1, 0.15) is 5.75 Å². The monoisotopic (exact) mass is 420 g/mol. The summed E-state index contributed by atoms with van der Waals surface area (Å²) in [7, 11) is 0. The Morgan fingerprint density at radius 1 is 1.00 bits per heavy atom. The number of amides is 2. The zero-order chi connectivity index (χ0) is 20.1. The fourth-order valence-electron chi connectivity index (χ4n) is 3.16. The summed E-state index contributed by atoms with van der Waals surface area (Å²) in [5.74, 6) is 0.481. The summed E-state index contributed by atoms with van der Waals surface area (Å²) in [4.78, 5) is 28.6. The van der Waals surface area contributed by atoms with Crippen molar-refractivity contribution >= 4 is 35.0 Å². The van der Waals surface area contributed by atoms with Crippen molar-refractivity contribution in [1.29, 1.82) is 0 Å². The molecule has 0 aliphatic carbocycles. The number of para-hydroxylation sites is 1. The number of benzene rings is 2. The van der Waals surface area contributed by atoms with Crippen molar-refractivity contribution in [2.75, 3.05) is 32.8 Å². The van der Waals surface area contributed by atoms with Gasteiger partial charge >= 0.3 is 0 Å². The molecule has 0 atom stereocenters. The first-order valence-electron chi connectivity index (χ1n) is 9.22.